The van der Waals surface area contributed by atoms with Gasteiger partial charge in [-0.2, -0.15) is 0 Å². The van der Waals surface area contributed by atoms with Crippen molar-refractivity contribution in [2.24, 2.45) is 5.92 Å². The largest absolute Gasteiger partial charge is 0.312 e. The molecule has 1 aliphatic heterocycles. The van der Waals surface area contributed by atoms with Gasteiger partial charge in [-0.05, 0) is 37.5 Å². The second-order valence-corrected chi connectivity index (χ2v) is 5.21. The van der Waals surface area contributed by atoms with E-state index in [2.05, 4.69) is 9.97 Å². The molecular formula is C16H17N3O. The van der Waals surface area contributed by atoms with E-state index in [9.17, 15) is 4.79 Å². The molecule has 102 valence electrons. The summed E-state index contributed by atoms with van der Waals surface area (Å²) in [6.07, 6.45) is 3.21. The number of para-hydroxylation sites is 1. The van der Waals surface area contributed by atoms with Crippen LogP contribution in [-0.4, -0.2) is 22.4 Å². The number of benzene rings is 1. The smallest absolute Gasteiger partial charge is 0.227 e. The van der Waals surface area contributed by atoms with Crippen LogP contribution < -0.4 is 4.90 Å². The zero-order chi connectivity index (χ0) is 13.9. The van der Waals surface area contributed by atoms with E-state index in [-0.39, 0.29) is 5.91 Å². The van der Waals surface area contributed by atoms with Gasteiger partial charge in [0, 0.05) is 30.5 Å². The van der Waals surface area contributed by atoms with Crippen molar-refractivity contribution in [2.75, 3.05) is 11.4 Å². The van der Waals surface area contributed by atoms with Crippen LogP contribution in [0.25, 0.3) is 0 Å². The summed E-state index contributed by atoms with van der Waals surface area (Å²) in [6.45, 7) is 2.66. The highest BCUT2D eigenvalue weighted by Gasteiger charge is 2.30. The lowest BCUT2D eigenvalue weighted by molar-refractivity contribution is -0.117. The van der Waals surface area contributed by atoms with Crippen LogP contribution in [0.5, 0.6) is 0 Å². The summed E-state index contributed by atoms with van der Waals surface area (Å²) in [5.74, 6) is 1.32. The molecule has 20 heavy (non-hydrogen) atoms. The molecule has 1 fully saturated rings. The summed E-state index contributed by atoms with van der Waals surface area (Å²) < 4.78 is 0. The average Bonchev–Trinajstić information content (AvgIpc) is 2.80. The van der Waals surface area contributed by atoms with E-state index in [0.29, 0.717) is 12.3 Å². The SMILES string of the molecule is Cc1nccc(C[C@H]2CC(=O)N(c3ccccc3)C2)n1. The minimum absolute atomic E-state index is 0.201. The summed E-state index contributed by atoms with van der Waals surface area (Å²) in [7, 11) is 0. The molecule has 1 saturated heterocycles. The van der Waals surface area contributed by atoms with Crippen molar-refractivity contribution in [3.8, 4) is 0 Å². The van der Waals surface area contributed by atoms with Gasteiger partial charge in [0.1, 0.15) is 5.82 Å². The van der Waals surface area contributed by atoms with Gasteiger partial charge in [-0.25, -0.2) is 9.97 Å². The van der Waals surface area contributed by atoms with Gasteiger partial charge in [0.15, 0.2) is 0 Å². The van der Waals surface area contributed by atoms with E-state index < -0.39 is 0 Å². The third-order valence-electron chi connectivity index (χ3n) is 3.60. The highest BCUT2D eigenvalue weighted by atomic mass is 16.2. The van der Waals surface area contributed by atoms with Crippen LogP contribution in [0, 0.1) is 12.8 Å². The van der Waals surface area contributed by atoms with Crippen molar-refractivity contribution in [2.45, 2.75) is 19.8 Å². The van der Waals surface area contributed by atoms with Crippen molar-refractivity contribution in [1.82, 2.24) is 9.97 Å². The Kier molecular flexibility index (Phi) is 3.46. The van der Waals surface area contributed by atoms with E-state index >= 15 is 0 Å². The molecule has 4 heteroatoms. The Bertz CT molecular complexity index is 612. The summed E-state index contributed by atoms with van der Waals surface area (Å²) in [5, 5.41) is 0. The monoisotopic (exact) mass is 267 g/mol. The molecule has 0 saturated carbocycles. The fraction of sp³-hybridized carbons (Fsp3) is 0.312. The molecule has 2 heterocycles. The Hall–Kier alpha value is -2.23. The number of hydrogen-bond donors (Lipinski definition) is 0. The third kappa shape index (κ3) is 2.69. The zero-order valence-corrected chi connectivity index (χ0v) is 11.5. The molecule has 0 N–H and O–H groups in total. The first kappa shape index (κ1) is 12.8. The Morgan fingerprint density at radius 3 is 2.80 bits per heavy atom. The molecule has 3 rings (SSSR count). The van der Waals surface area contributed by atoms with E-state index in [0.717, 1.165) is 30.2 Å². The maximum absolute atomic E-state index is 12.1. The van der Waals surface area contributed by atoms with Crippen LogP contribution in [0.4, 0.5) is 5.69 Å². The number of carbonyl (C=O) groups is 1. The summed E-state index contributed by atoms with van der Waals surface area (Å²) in [4.78, 5) is 22.5. The number of anilines is 1. The number of aromatic nitrogens is 2. The minimum Gasteiger partial charge on any atom is -0.312 e. The Morgan fingerprint density at radius 2 is 2.05 bits per heavy atom. The van der Waals surface area contributed by atoms with Gasteiger partial charge in [-0.3, -0.25) is 4.79 Å². The molecular weight excluding hydrogens is 250 g/mol. The van der Waals surface area contributed by atoms with Crippen LogP contribution in [0.15, 0.2) is 42.6 Å². The molecule has 0 radical (unpaired) electrons. The van der Waals surface area contributed by atoms with Gasteiger partial charge >= 0.3 is 0 Å². The van der Waals surface area contributed by atoms with E-state index in [1.54, 1.807) is 6.20 Å². The van der Waals surface area contributed by atoms with Crippen molar-refractivity contribution >= 4 is 11.6 Å². The molecule has 1 atom stereocenters. The fourth-order valence-corrected chi connectivity index (χ4v) is 2.69. The van der Waals surface area contributed by atoms with E-state index in [4.69, 9.17) is 0 Å². The highest BCUT2D eigenvalue weighted by molar-refractivity contribution is 5.95. The van der Waals surface area contributed by atoms with Gasteiger partial charge in [0.2, 0.25) is 5.91 Å². The zero-order valence-electron chi connectivity index (χ0n) is 11.5. The Morgan fingerprint density at radius 1 is 1.25 bits per heavy atom. The second-order valence-electron chi connectivity index (χ2n) is 5.21. The molecule has 2 aromatic rings. The normalized spacial score (nSPS) is 18.6. The number of amides is 1. The summed E-state index contributed by atoms with van der Waals surface area (Å²) in [6, 6.07) is 11.8. The third-order valence-corrected chi connectivity index (χ3v) is 3.60. The molecule has 0 unspecified atom stereocenters. The maximum atomic E-state index is 12.1. The summed E-state index contributed by atoms with van der Waals surface area (Å²) >= 11 is 0. The first-order valence-corrected chi connectivity index (χ1v) is 6.86. The predicted molar refractivity (Wildman–Crippen MR) is 77.4 cm³/mol. The highest BCUT2D eigenvalue weighted by Crippen LogP contribution is 2.26. The number of nitrogens with zero attached hydrogens (tertiary/aromatic N) is 3. The van der Waals surface area contributed by atoms with Gasteiger partial charge in [0.05, 0.1) is 0 Å². The van der Waals surface area contributed by atoms with Crippen LogP contribution in [0.1, 0.15) is 17.9 Å². The predicted octanol–water partition coefficient (Wildman–Crippen LogP) is 2.38. The topological polar surface area (TPSA) is 46.1 Å². The minimum atomic E-state index is 0.201. The maximum Gasteiger partial charge on any atom is 0.227 e. The number of carbonyl (C=O) groups excluding carboxylic acids is 1. The molecule has 1 amide bonds. The van der Waals surface area contributed by atoms with Crippen molar-refractivity contribution in [3.05, 3.63) is 54.1 Å². The lowest BCUT2D eigenvalue weighted by Gasteiger charge is -2.16. The van der Waals surface area contributed by atoms with Gasteiger partial charge in [-0.1, -0.05) is 18.2 Å². The van der Waals surface area contributed by atoms with Crippen molar-refractivity contribution in [1.29, 1.82) is 0 Å². The van der Waals surface area contributed by atoms with E-state index in [1.165, 1.54) is 0 Å². The fourth-order valence-electron chi connectivity index (χ4n) is 2.69. The number of aryl methyl sites for hydroxylation is 1. The van der Waals surface area contributed by atoms with Gasteiger partial charge in [-0.15, -0.1) is 0 Å². The van der Waals surface area contributed by atoms with Crippen LogP contribution >= 0.6 is 0 Å². The Balaban J connectivity index is 1.71. The van der Waals surface area contributed by atoms with Crippen LogP contribution in [-0.2, 0) is 11.2 Å². The van der Waals surface area contributed by atoms with E-state index in [1.807, 2.05) is 48.2 Å². The van der Waals surface area contributed by atoms with Crippen LogP contribution in [0.3, 0.4) is 0 Å². The number of hydrogen-bond acceptors (Lipinski definition) is 3. The van der Waals surface area contributed by atoms with Crippen LogP contribution in [0.2, 0.25) is 0 Å². The second kappa shape index (κ2) is 5.41. The lowest BCUT2D eigenvalue weighted by Crippen LogP contribution is -2.24. The van der Waals surface area contributed by atoms with Crippen molar-refractivity contribution < 1.29 is 4.79 Å². The molecule has 0 bridgehead atoms. The average molecular weight is 267 g/mol. The quantitative estimate of drug-likeness (QED) is 0.857. The standard InChI is InChI=1S/C16H17N3O/c1-12-17-8-7-14(18-12)9-13-10-16(20)19(11-13)15-5-3-2-4-6-15/h2-8,13H,9-11H2,1H3/t13-/m0/s1. The number of rotatable bonds is 3. The first-order chi connectivity index (χ1) is 9.72. The van der Waals surface area contributed by atoms with Gasteiger partial charge < -0.3 is 4.90 Å². The summed E-state index contributed by atoms with van der Waals surface area (Å²) in [5.41, 5.74) is 2.00. The van der Waals surface area contributed by atoms with Gasteiger partial charge in [0.25, 0.3) is 0 Å². The molecule has 4 nitrogen and oxygen atoms in total. The molecule has 1 aromatic carbocycles. The molecule has 0 aliphatic carbocycles. The molecule has 1 aromatic heterocycles. The lowest BCUT2D eigenvalue weighted by atomic mass is 10.0. The first-order valence-electron chi connectivity index (χ1n) is 6.86. The van der Waals surface area contributed by atoms with Crippen molar-refractivity contribution in [3.63, 3.8) is 0 Å². The molecule has 0 spiro atoms. The Labute approximate surface area is 118 Å². The molecule has 1 aliphatic rings.